The summed E-state index contributed by atoms with van der Waals surface area (Å²) in [4.78, 5) is 53.6. The van der Waals surface area contributed by atoms with Crippen LogP contribution in [0.1, 0.15) is 60.7 Å². The molecule has 2 aromatic carbocycles. The van der Waals surface area contributed by atoms with Gasteiger partial charge in [0.25, 0.3) is 23.6 Å². The third-order valence-electron chi connectivity index (χ3n) is 7.14. The summed E-state index contributed by atoms with van der Waals surface area (Å²) in [7, 11) is 0. The molecule has 33 heavy (non-hydrogen) atoms. The molecule has 4 amide bonds. The number of piperidine rings is 1. The van der Waals surface area contributed by atoms with E-state index in [-0.39, 0.29) is 12.1 Å². The lowest BCUT2D eigenvalue weighted by Crippen LogP contribution is -2.56. The highest BCUT2D eigenvalue weighted by Crippen LogP contribution is 2.39. The van der Waals surface area contributed by atoms with Crippen molar-refractivity contribution in [1.29, 1.82) is 0 Å². The second-order valence-electron chi connectivity index (χ2n) is 9.17. The Morgan fingerprint density at radius 2 is 0.939 bits per heavy atom. The number of carbonyl (C=O) groups excluding carboxylic acids is 4. The Bertz CT molecular complexity index is 1180. The van der Waals surface area contributed by atoms with E-state index in [0.717, 1.165) is 5.01 Å². The van der Waals surface area contributed by atoms with Crippen molar-refractivity contribution in [2.24, 2.45) is 11.5 Å². The summed E-state index contributed by atoms with van der Waals surface area (Å²) < 4.78 is 0. The van der Waals surface area contributed by atoms with E-state index in [1.54, 1.807) is 34.3 Å². The van der Waals surface area contributed by atoms with Crippen molar-refractivity contribution in [2.45, 2.75) is 31.3 Å². The van der Waals surface area contributed by atoms with Crippen LogP contribution < -0.4 is 11.5 Å². The molecule has 0 radical (unpaired) electrons. The smallest absolute Gasteiger partial charge is 0.276 e. The average molecular weight is 448 g/mol. The maximum absolute atomic E-state index is 13.4. The fraction of sp³-hybridized carbons (Fsp3) is 0.391. The molecule has 10 nitrogen and oxygen atoms in total. The third kappa shape index (κ3) is 2.81. The average Bonchev–Trinajstić information content (AvgIpc) is 3.23. The lowest BCUT2D eigenvalue weighted by atomic mass is 9.86. The van der Waals surface area contributed by atoms with Crippen molar-refractivity contribution >= 4 is 34.4 Å². The van der Waals surface area contributed by atoms with Gasteiger partial charge in [0.05, 0.1) is 22.3 Å². The predicted molar refractivity (Wildman–Crippen MR) is 118 cm³/mol. The molecule has 0 saturated carbocycles. The minimum Gasteiger partial charge on any atom is -0.328 e. The van der Waals surface area contributed by atoms with Crippen molar-refractivity contribution in [3.8, 4) is 0 Å². The molecule has 4 N–H and O–H groups in total. The van der Waals surface area contributed by atoms with Crippen molar-refractivity contribution in [2.75, 3.05) is 26.2 Å². The van der Waals surface area contributed by atoms with Crippen molar-refractivity contribution in [3.63, 3.8) is 0 Å². The van der Waals surface area contributed by atoms with E-state index in [4.69, 9.17) is 11.5 Å². The van der Waals surface area contributed by atoms with Crippen molar-refractivity contribution in [1.82, 2.24) is 20.0 Å². The van der Waals surface area contributed by atoms with Gasteiger partial charge in [-0.15, -0.1) is 0 Å². The molecule has 2 saturated heterocycles. The third-order valence-corrected chi connectivity index (χ3v) is 7.14. The first kappa shape index (κ1) is 20.4. The van der Waals surface area contributed by atoms with Crippen molar-refractivity contribution in [3.05, 3.63) is 46.5 Å². The van der Waals surface area contributed by atoms with Gasteiger partial charge in [-0.25, -0.2) is 20.0 Å². The van der Waals surface area contributed by atoms with Gasteiger partial charge >= 0.3 is 0 Å². The van der Waals surface area contributed by atoms with Crippen LogP contribution in [0.25, 0.3) is 10.8 Å². The monoisotopic (exact) mass is 448 g/mol. The van der Waals surface area contributed by atoms with Crippen LogP contribution in [0.5, 0.6) is 0 Å². The summed E-state index contributed by atoms with van der Waals surface area (Å²) in [6.07, 6.45) is 2.07. The normalized spacial score (nSPS) is 24.5. The minimum atomic E-state index is -0.461. The van der Waals surface area contributed by atoms with Gasteiger partial charge in [0.15, 0.2) is 0 Å². The fourth-order valence-electron chi connectivity index (χ4n) is 5.40. The van der Waals surface area contributed by atoms with E-state index >= 15 is 0 Å². The molecule has 0 aromatic heterocycles. The quantitative estimate of drug-likeness (QED) is 0.628. The van der Waals surface area contributed by atoms with Crippen LogP contribution in [0.3, 0.4) is 0 Å². The van der Waals surface area contributed by atoms with E-state index in [1.807, 2.05) is 0 Å². The number of hydrazine groups is 2. The van der Waals surface area contributed by atoms with Crippen molar-refractivity contribution < 1.29 is 19.2 Å². The summed E-state index contributed by atoms with van der Waals surface area (Å²) in [5, 5.41) is 6.52. The summed E-state index contributed by atoms with van der Waals surface area (Å²) in [6, 6.07) is 6.29. The van der Waals surface area contributed by atoms with Crippen LogP contribution >= 0.6 is 0 Å². The number of nitrogens with two attached hydrogens (primary N) is 2. The molecule has 1 unspecified atom stereocenters. The Balaban J connectivity index is 1.47. The number of imide groups is 2. The van der Waals surface area contributed by atoms with Gasteiger partial charge in [0, 0.05) is 49.0 Å². The molecule has 170 valence electrons. The van der Waals surface area contributed by atoms with Crippen LogP contribution in [0.4, 0.5) is 0 Å². The van der Waals surface area contributed by atoms with E-state index < -0.39 is 23.6 Å². The number of nitrogens with zero attached hydrogens (tertiary/aromatic N) is 4. The van der Waals surface area contributed by atoms with Crippen LogP contribution in [-0.2, 0) is 0 Å². The second-order valence-corrected chi connectivity index (χ2v) is 9.17. The molecule has 2 fully saturated rings. The highest BCUT2D eigenvalue weighted by molar-refractivity contribution is 6.33. The summed E-state index contributed by atoms with van der Waals surface area (Å²) >= 11 is 0. The standard InChI is InChI=1S/C23H24N6O4/c24-12-5-8-26(9-6-12)28-20(30)14-1-3-16-19-17(4-2-15(18(14)19)21(28)31)23(33)29(22(16)32)27-10-7-13(25)11-27/h1-4,12-13H,5-11,24-25H2. The maximum Gasteiger partial charge on any atom is 0.276 e. The number of benzene rings is 2. The largest absolute Gasteiger partial charge is 0.328 e. The Hall–Kier alpha value is -3.18. The zero-order valence-corrected chi connectivity index (χ0v) is 18.0. The number of carbonyl (C=O) groups is 4. The van der Waals surface area contributed by atoms with Crippen LogP contribution in [0.2, 0.25) is 0 Å². The number of amides is 4. The molecule has 6 rings (SSSR count). The molecule has 4 aliphatic heterocycles. The summed E-state index contributed by atoms with van der Waals surface area (Å²) in [5.41, 5.74) is 13.2. The first-order valence-electron chi connectivity index (χ1n) is 11.2. The number of rotatable bonds is 2. The minimum absolute atomic E-state index is 0.0556. The molecule has 4 heterocycles. The molecule has 0 bridgehead atoms. The van der Waals surface area contributed by atoms with Crippen LogP contribution in [0.15, 0.2) is 24.3 Å². The second kappa shape index (κ2) is 7.16. The highest BCUT2D eigenvalue weighted by Gasteiger charge is 2.44. The van der Waals surface area contributed by atoms with Gasteiger partial charge in [-0.3, -0.25) is 19.2 Å². The molecular weight excluding hydrogens is 424 g/mol. The van der Waals surface area contributed by atoms with Gasteiger partial charge in [0.2, 0.25) is 0 Å². The van der Waals surface area contributed by atoms with Gasteiger partial charge in [-0.2, -0.15) is 0 Å². The predicted octanol–water partition coefficient (Wildman–Crippen LogP) is 0.318. The molecule has 1 atom stereocenters. The summed E-state index contributed by atoms with van der Waals surface area (Å²) in [5.74, 6) is -1.81. The number of hydrogen-bond donors (Lipinski definition) is 2. The molecule has 0 aliphatic carbocycles. The lowest BCUT2D eigenvalue weighted by Gasteiger charge is -2.40. The van der Waals surface area contributed by atoms with Crippen LogP contribution in [-0.4, -0.2) is 81.9 Å². The van der Waals surface area contributed by atoms with Gasteiger partial charge in [0.1, 0.15) is 0 Å². The Kier molecular flexibility index (Phi) is 4.43. The fourth-order valence-corrected chi connectivity index (χ4v) is 5.40. The maximum atomic E-state index is 13.4. The van der Waals surface area contributed by atoms with E-state index in [1.165, 1.54) is 5.01 Å². The topological polar surface area (TPSA) is 133 Å². The van der Waals surface area contributed by atoms with Gasteiger partial charge < -0.3 is 11.5 Å². The molecule has 4 aliphatic rings. The van der Waals surface area contributed by atoms with Crippen LogP contribution in [0, 0.1) is 0 Å². The molecular formula is C23H24N6O4. The molecule has 2 aromatic rings. The zero-order chi connectivity index (χ0) is 23.0. The first-order chi connectivity index (χ1) is 15.9. The zero-order valence-electron chi connectivity index (χ0n) is 18.0. The Morgan fingerprint density at radius 3 is 1.33 bits per heavy atom. The Morgan fingerprint density at radius 1 is 0.576 bits per heavy atom. The molecule has 0 spiro atoms. The first-order valence-corrected chi connectivity index (χ1v) is 11.2. The molecule has 10 heteroatoms. The Labute approximate surface area is 189 Å². The lowest BCUT2D eigenvalue weighted by molar-refractivity contribution is -0.0138. The SMILES string of the molecule is NC1CCN(N2C(=O)c3ccc4c5c(ccc(c35)C2=O)C(=O)N(N2CCC(N)C2)C4=O)CC1. The van der Waals surface area contributed by atoms with E-state index in [2.05, 4.69) is 0 Å². The highest BCUT2D eigenvalue weighted by atomic mass is 16.2. The summed E-state index contributed by atoms with van der Waals surface area (Å²) in [6.45, 7) is 1.95. The van der Waals surface area contributed by atoms with E-state index in [9.17, 15) is 19.2 Å². The van der Waals surface area contributed by atoms with Gasteiger partial charge in [-0.05, 0) is 43.5 Å². The van der Waals surface area contributed by atoms with Gasteiger partial charge in [-0.1, -0.05) is 0 Å². The number of hydrogen-bond acceptors (Lipinski definition) is 8. The van der Waals surface area contributed by atoms with E-state index in [0.29, 0.717) is 78.5 Å².